The van der Waals surface area contributed by atoms with Crippen LogP contribution in [0.4, 0.5) is 0 Å². The minimum atomic E-state index is -0.690. The molecule has 1 aromatic carbocycles. The Morgan fingerprint density at radius 2 is 1.89 bits per heavy atom. The van der Waals surface area contributed by atoms with Crippen LogP contribution in [0.1, 0.15) is 64.2 Å². The first-order chi connectivity index (χ1) is 12.7. The van der Waals surface area contributed by atoms with Gasteiger partial charge < -0.3 is 23.5 Å². The highest BCUT2D eigenvalue weighted by atomic mass is 16.8. The van der Waals surface area contributed by atoms with Crippen LogP contribution in [-0.2, 0) is 18.8 Å². The van der Waals surface area contributed by atoms with Gasteiger partial charge in [-0.1, -0.05) is 12.1 Å². The molecule has 0 radical (unpaired) electrons. The Kier molecular flexibility index (Phi) is 5.96. The summed E-state index contributed by atoms with van der Waals surface area (Å²) in [6.45, 7) is 10.4. The summed E-state index contributed by atoms with van der Waals surface area (Å²) < 4.78 is 29.8. The van der Waals surface area contributed by atoms with E-state index in [1.807, 2.05) is 34.6 Å². The van der Waals surface area contributed by atoms with Gasteiger partial charge in [-0.25, -0.2) is 0 Å². The fourth-order valence-electron chi connectivity index (χ4n) is 3.22. The maximum atomic E-state index is 11.6. The third-order valence-corrected chi connectivity index (χ3v) is 5.49. The SMILES string of the molecule is CC(Oc1cccc(C=O)c1B1OC(C)(C)C(C)(C)O1)OC1CCCCO1. The lowest BCUT2D eigenvalue weighted by Gasteiger charge is -2.32. The van der Waals surface area contributed by atoms with E-state index in [-0.39, 0.29) is 6.29 Å². The highest BCUT2D eigenvalue weighted by Gasteiger charge is 2.53. The number of aldehydes is 1. The molecule has 2 fully saturated rings. The smallest absolute Gasteiger partial charge is 0.465 e. The minimum absolute atomic E-state index is 0.261. The van der Waals surface area contributed by atoms with E-state index >= 15 is 0 Å². The maximum Gasteiger partial charge on any atom is 0.499 e. The Labute approximate surface area is 161 Å². The molecule has 2 heterocycles. The second-order valence-electron chi connectivity index (χ2n) is 8.08. The van der Waals surface area contributed by atoms with E-state index in [9.17, 15) is 4.79 Å². The van der Waals surface area contributed by atoms with Crippen LogP contribution >= 0.6 is 0 Å². The van der Waals surface area contributed by atoms with Gasteiger partial charge in [0.1, 0.15) is 12.0 Å². The predicted molar refractivity (Wildman–Crippen MR) is 102 cm³/mol. The monoisotopic (exact) mass is 376 g/mol. The van der Waals surface area contributed by atoms with Gasteiger partial charge in [0, 0.05) is 17.6 Å². The Morgan fingerprint density at radius 3 is 2.48 bits per heavy atom. The van der Waals surface area contributed by atoms with Crippen LogP contribution in [-0.4, -0.2) is 43.8 Å². The molecule has 2 aliphatic heterocycles. The fourth-order valence-corrected chi connectivity index (χ4v) is 3.22. The van der Waals surface area contributed by atoms with E-state index in [4.69, 9.17) is 23.5 Å². The third kappa shape index (κ3) is 4.37. The van der Waals surface area contributed by atoms with E-state index in [0.717, 1.165) is 25.5 Å². The molecule has 2 unspecified atom stereocenters. The molecular formula is C20H29BO6. The van der Waals surface area contributed by atoms with Gasteiger partial charge in [0.15, 0.2) is 12.6 Å². The van der Waals surface area contributed by atoms with Crippen molar-refractivity contribution >= 4 is 18.9 Å². The van der Waals surface area contributed by atoms with Gasteiger partial charge in [0.05, 0.1) is 11.2 Å². The van der Waals surface area contributed by atoms with Crippen LogP contribution in [0.2, 0.25) is 0 Å². The van der Waals surface area contributed by atoms with Crippen molar-refractivity contribution in [1.29, 1.82) is 0 Å². The number of ether oxygens (including phenoxy) is 3. The summed E-state index contributed by atoms with van der Waals surface area (Å²) >= 11 is 0. The van der Waals surface area contributed by atoms with Crippen LogP contribution in [0.5, 0.6) is 5.75 Å². The summed E-state index contributed by atoms with van der Waals surface area (Å²) in [7, 11) is -0.690. The van der Waals surface area contributed by atoms with E-state index in [1.165, 1.54) is 0 Å². The molecule has 0 saturated carbocycles. The fraction of sp³-hybridized carbons (Fsp3) is 0.650. The lowest BCUT2D eigenvalue weighted by molar-refractivity contribution is -0.225. The standard InChI is InChI=1S/C20H29BO6/c1-14(25-17-11-6-7-12-23-17)24-16-10-8-9-15(13-22)18(16)21-26-19(2,3)20(4,5)27-21/h8-10,13-14,17H,6-7,11-12H2,1-5H3. The molecule has 7 heteroatoms. The summed E-state index contributed by atoms with van der Waals surface area (Å²) in [5.41, 5.74) is 0.0460. The lowest BCUT2D eigenvalue weighted by atomic mass is 9.75. The first kappa shape index (κ1) is 20.3. The molecule has 2 atom stereocenters. The number of rotatable bonds is 6. The molecule has 1 aromatic rings. The number of carbonyl (C=O) groups excluding carboxylic acids is 1. The molecule has 2 saturated heterocycles. The molecule has 0 aliphatic carbocycles. The summed E-state index contributed by atoms with van der Waals surface area (Å²) in [6, 6.07) is 5.31. The van der Waals surface area contributed by atoms with Gasteiger partial charge >= 0.3 is 7.12 Å². The number of carbonyl (C=O) groups is 1. The number of benzene rings is 1. The summed E-state index contributed by atoms with van der Waals surface area (Å²) in [6.07, 6.45) is 2.99. The highest BCUT2D eigenvalue weighted by molar-refractivity contribution is 6.64. The molecule has 0 aromatic heterocycles. The van der Waals surface area contributed by atoms with Crippen LogP contribution in [0, 0.1) is 0 Å². The van der Waals surface area contributed by atoms with Gasteiger partial charge in [0.25, 0.3) is 0 Å². The molecule has 0 amide bonds. The van der Waals surface area contributed by atoms with Gasteiger partial charge in [-0.3, -0.25) is 4.79 Å². The molecule has 2 aliphatic rings. The molecule has 148 valence electrons. The zero-order chi connectivity index (χ0) is 19.7. The zero-order valence-corrected chi connectivity index (χ0v) is 16.8. The van der Waals surface area contributed by atoms with E-state index in [0.29, 0.717) is 23.4 Å². The third-order valence-electron chi connectivity index (χ3n) is 5.49. The van der Waals surface area contributed by atoms with Crippen molar-refractivity contribution in [3.05, 3.63) is 23.8 Å². The van der Waals surface area contributed by atoms with Crippen molar-refractivity contribution in [2.75, 3.05) is 6.61 Å². The van der Waals surface area contributed by atoms with Crippen molar-refractivity contribution in [3.63, 3.8) is 0 Å². The van der Waals surface area contributed by atoms with Crippen molar-refractivity contribution in [3.8, 4) is 5.75 Å². The number of hydrogen-bond acceptors (Lipinski definition) is 6. The van der Waals surface area contributed by atoms with Gasteiger partial charge in [-0.2, -0.15) is 0 Å². The molecule has 27 heavy (non-hydrogen) atoms. The largest absolute Gasteiger partial charge is 0.499 e. The normalized spacial score (nSPS) is 25.2. The molecular weight excluding hydrogens is 347 g/mol. The molecule has 0 spiro atoms. The second-order valence-corrected chi connectivity index (χ2v) is 8.08. The van der Waals surface area contributed by atoms with Gasteiger partial charge in [-0.05, 0) is 59.9 Å². The summed E-state index contributed by atoms with van der Waals surface area (Å²) in [5.74, 6) is 0.515. The van der Waals surface area contributed by atoms with Crippen molar-refractivity contribution < 1.29 is 28.3 Å². The average molecular weight is 376 g/mol. The molecule has 0 N–H and O–H groups in total. The van der Waals surface area contributed by atoms with Crippen LogP contribution in [0.3, 0.4) is 0 Å². The molecule has 0 bridgehead atoms. The zero-order valence-electron chi connectivity index (χ0n) is 16.8. The highest BCUT2D eigenvalue weighted by Crippen LogP contribution is 2.37. The second kappa shape index (κ2) is 7.91. The molecule has 6 nitrogen and oxygen atoms in total. The van der Waals surface area contributed by atoms with Crippen LogP contribution < -0.4 is 10.2 Å². The van der Waals surface area contributed by atoms with Crippen molar-refractivity contribution in [2.45, 2.75) is 77.7 Å². The predicted octanol–water partition coefficient (Wildman–Crippen LogP) is 3.07. The lowest BCUT2D eigenvalue weighted by Crippen LogP contribution is -2.41. The maximum absolute atomic E-state index is 11.6. The summed E-state index contributed by atoms with van der Waals surface area (Å²) in [4.78, 5) is 11.6. The molecule has 3 rings (SSSR count). The first-order valence-corrected chi connectivity index (χ1v) is 9.61. The minimum Gasteiger partial charge on any atom is -0.465 e. The van der Waals surface area contributed by atoms with E-state index < -0.39 is 24.6 Å². The van der Waals surface area contributed by atoms with Crippen molar-refractivity contribution in [1.82, 2.24) is 0 Å². The van der Waals surface area contributed by atoms with Gasteiger partial charge in [-0.15, -0.1) is 0 Å². The van der Waals surface area contributed by atoms with Crippen molar-refractivity contribution in [2.24, 2.45) is 0 Å². The Bertz CT molecular complexity index is 652. The quantitative estimate of drug-likeness (QED) is 0.432. The Hall–Kier alpha value is -1.41. The van der Waals surface area contributed by atoms with Crippen LogP contribution in [0.25, 0.3) is 0 Å². The van der Waals surface area contributed by atoms with Crippen LogP contribution in [0.15, 0.2) is 18.2 Å². The summed E-state index contributed by atoms with van der Waals surface area (Å²) in [5, 5.41) is 0. The first-order valence-electron chi connectivity index (χ1n) is 9.61. The van der Waals surface area contributed by atoms with Gasteiger partial charge in [0.2, 0.25) is 0 Å². The Balaban J connectivity index is 1.81. The average Bonchev–Trinajstić information content (AvgIpc) is 2.82. The van der Waals surface area contributed by atoms with E-state index in [2.05, 4.69) is 0 Å². The number of hydrogen-bond donors (Lipinski definition) is 0. The van der Waals surface area contributed by atoms with E-state index in [1.54, 1.807) is 18.2 Å². The Morgan fingerprint density at radius 1 is 1.19 bits per heavy atom. The topological polar surface area (TPSA) is 63.2 Å².